The Labute approximate surface area is 77.0 Å². The number of hydrogen-bond donors (Lipinski definition) is 2. The second kappa shape index (κ2) is 3.78. The third-order valence-electron chi connectivity index (χ3n) is 1.89. The summed E-state index contributed by atoms with van der Waals surface area (Å²) < 4.78 is 0. The molecule has 1 unspecified atom stereocenters. The summed E-state index contributed by atoms with van der Waals surface area (Å²) in [5.41, 5.74) is 6.38. The molecule has 0 bridgehead atoms. The minimum absolute atomic E-state index is 0.120. The lowest BCUT2D eigenvalue weighted by Gasteiger charge is -2.11. The van der Waals surface area contributed by atoms with E-state index in [-0.39, 0.29) is 11.7 Å². The van der Waals surface area contributed by atoms with Crippen LogP contribution in [0.5, 0.6) is 5.75 Å². The third kappa shape index (κ3) is 1.71. The summed E-state index contributed by atoms with van der Waals surface area (Å²) in [6.07, 6.45) is 0. The van der Waals surface area contributed by atoms with Gasteiger partial charge in [-0.15, -0.1) is 0 Å². The van der Waals surface area contributed by atoms with Crippen LogP contribution in [0, 0.1) is 0 Å². The summed E-state index contributed by atoms with van der Waals surface area (Å²) in [5.74, 6) is 0.305. The van der Waals surface area contributed by atoms with Gasteiger partial charge in [0.15, 0.2) is 0 Å². The molecule has 66 valence electrons. The number of nitrogens with two attached hydrogens (primary N) is 1. The summed E-state index contributed by atoms with van der Waals surface area (Å²) in [6, 6.07) is 5.21. The van der Waals surface area contributed by atoms with Crippen molar-refractivity contribution < 1.29 is 5.11 Å². The Balaban J connectivity index is 3.07. The predicted octanol–water partition coefficient (Wildman–Crippen LogP) is 2.11. The fourth-order valence-corrected chi connectivity index (χ4v) is 1.36. The summed E-state index contributed by atoms with van der Waals surface area (Å²) in [6.45, 7) is 2.50. The fraction of sp³-hybridized carbons (Fsp3) is 0.333. The molecule has 0 aromatic heterocycles. The number of halogens is 1. The van der Waals surface area contributed by atoms with Crippen LogP contribution >= 0.6 is 11.6 Å². The van der Waals surface area contributed by atoms with Gasteiger partial charge in [0.1, 0.15) is 5.75 Å². The monoisotopic (exact) mass is 185 g/mol. The Kier molecular flexibility index (Phi) is 2.95. The van der Waals surface area contributed by atoms with Crippen molar-refractivity contribution in [1.29, 1.82) is 0 Å². The zero-order valence-corrected chi connectivity index (χ0v) is 7.67. The molecule has 3 N–H and O–H groups in total. The van der Waals surface area contributed by atoms with Crippen molar-refractivity contribution in [2.75, 3.05) is 6.54 Å². The van der Waals surface area contributed by atoms with Crippen LogP contribution in [0.4, 0.5) is 0 Å². The molecule has 0 fully saturated rings. The molecule has 0 radical (unpaired) electrons. The molecular weight excluding hydrogens is 174 g/mol. The van der Waals surface area contributed by atoms with Gasteiger partial charge in [-0.25, -0.2) is 0 Å². The maximum Gasteiger partial charge on any atom is 0.134 e. The first-order valence-electron chi connectivity index (χ1n) is 3.84. The van der Waals surface area contributed by atoms with Gasteiger partial charge >= 0.3 is 0 Å². The van der Waals surface area contributed by atoms with Gasteiger partial charge in [-0.3, -0.25) is 0 Å². The maximum atomic E-state index is 9.27. The van der Waals surface area contributed by atoms with Crippen LogP contribution in [0.25, 0.3) is 0 Å². The summed E-state index contributed by atoms with van der Waals surface area (Å²) >= 11 is 5.86. The molecule has 1 aromatic carbocycles. The Hall–Kier alpha value is -0.730. The third-order valence-corrected chi connectivity index (χ3v) is 2.30. The lowest BCUT2D eigenvalue weighted by molar-refractivity contribution is 0.474. The molecule has 1 rings (SSSR count). The van der Waals surface area contributed by atoms with Crippen molar-refractivity contribution in [1.82, 2.24) is 0 Å². The van der Waals surface area contributed by atoms with Crippen molar-refractivity contribution >= 4 is 11.6 Å². The molecule has 1 atom stereocenters. The molecule has 0 heterocycles. The Morgan fingerprint density at radius 2 is 2.25 bits per heavy atom. The van der Waals surface area contributed by atoms with E-state index < -0.39 is 0 Å². The number of rotatable bonds is 2. The highest BCUT2D eigenvalue weighted by Crippen LogP contribution is 2.31. The molecule has 0 amide bonds. The molecule has 0 saturated heterocycles. The number of benzene rings is 1. The molecule has 0 aliphatic rings. The summed E-state index contributed by atoms with van der Waals surface area (Å²) in [5, 5.41) is 9.68. The van der Waals surface area contributed by atoms with Crippen molar-refractivity contribution in [2.45, 2.75) is 12.8 Å². The van der Waals surface area contributed by atoms with E-state index in [9.17, 15) is 5.11 Å². The largest absolute Gasteiger partial charge is 0.506 e. The van der Waals surface area contributed by atoms with Crippen LogP contribution in [0.1, 0.15) is 18.4 Å². The standard InChI is InChI=1S/C9H12ClNO/c1-6(5-11)7-3-2-4-8(12)9(7)10/h2-4,6,12H,5,11H2,1H3. The minimum atomic E-state index is 0.120. The number of hydrogen-bond acceptors (Lipinski definition) is 2. The molecule has 0 aliphatic carbocycles. The first-order valence-corrected chi connectivity index (χ1v) is 4.22. The molecular formula is C9H12ClNO. The van der Waals surface area contributed by atoms with Crippen molar-refractivity contribution in [3.63, 3.8) is 0 Å². The fourth-order valence-electron chi connectivity index (χ4n) is 1.04. The zero-order valence-electron chi connectivity index (χ0n) is 6.92. The highest BCUT2D eigenvalue weighted by molar-refractivity contribution is 6.32. The predicted molar refractivity (Wildman–Crippen MR) is 50.6 cm³/mol. The topological polar surface area (TPSA) is 46.2 Å². The molecule has 1 aromatic rings. The lowest BCUT2D eigenvalue weighted by atomic mass is 10.0. The molecule has 0 aliphatic heterocycles. The van der Waals surface area contributed by atoms with Crippen molar-refractivity contribution in [2.24, 2.45) is 5.73 Å². The van der Waals surface area contributed by atoms with Crippen LogP contribution in [-0.2, 0) is 0 Å². The number of phenolic OH excluding ortho intramolecular Hbond substituents is 1. The van der Waals surface area contributed by atoms with E-state index in [2.05, 4.69) is 0 Å². The van der Waals surface area contributed by atoms with Gasteiger partial charge in [-0.1, -0.05) is 30.7 Å². The van der Waals surface area contributed by atoms with Crippen molar-refractivity contribution in [3.8, 4) is 5.75 Å². The van der Waals surface area contributed by atoms with E-state index in [0.29, 0.717) is 11.6 Å². The number of phenols is 1. The van der Waals surface area contributed by atoms with Gasteiger partial charge in [0, 0.05) is 0 Å². The second-order valence-corrected chi connectivity index (χ2v) is 3.20. The van der Waals surface area contributed by atoms with E-state index in [0.717, 1.165) is 5.56 Å². The molecule has 3 heteroatoms. The van der Waals surface area contributed by atoms with Gasteiger partial charge in [-0.05, 0) is 24.1 Å². The van der Waals surface area contributed by atoms with Crippen LogP contribution in [-0.4, -0.2) is 11.7 Å². The van der Waals surface area contributed by atoms with Crippen molar-refractivity contribution in [3.05, 3.63) is 28.8 Å². The summed E-state index contributed by atoms with van der Waals surface area (Å²) in [4.78, 5) is 0. The van der Waals surface area contributed by atoms with Crippen LogP contribution in [0.15, 0.2) is 18.2 Å². The van der Waals surface area contributed by atoms with Gasteiger partial charge < -0.3 is 10.8 Å². The Morgan fingerprint density at radius 3 is 2.83 bits per heavy atom. The lowest BCUT2D eigenvalue weighted by Crippen LogP contribution is -2.09. The van der Waals surface area contributed by atoms with Gasteiger partial charge in [0.2, 0.25) is 0 Å². The maximum absolute atomic E-state index is 9.27. The summed E-state index contributed by atoms with van der Waals surface area (Å²) in [7, 11) is 0. The van der Waals surface area contributed by atoms with Gasteiger partial charge in [-0.2, -0.15) is 0 Å². The normalized spacial score (nSPS) is 12.9. The van der Waals surface area contributed by atoms with E-state index in [1.165, 1.54) is 0 Å². The highest BCUT2D eigenvalue weighted by Gasteiger charge is 2.09. The van der Waals surface area contributed by atoms with Crippen LogP contribution < -0.4 is 5.73 Å². The zero-order chi connectivity index (χ0) is 9.14. The average molecular weight is 186 g/mol. The van der Waals surface area contributed by atoms with E-state index in [1.54, 1.807) is 12.1 Å². The Morgan fingerprint density at radius 1 is 1.58 bits per heavy atom. The second-order valence-electron chi connectivity index (χ2n) is 2.82. The number of aromatic hydroxyl groups is 1. The quantitative estimate of drug-likeness (QED) is 0.742. The van der Waals surface area contributed by atoms with Crippen LogP contribution in [0.3, 0.4) is 0 Å². The molecule has 12 heavy (non-hydrogen) atoms. The smallest absolute Gasteiger partial charge is 0.134 e. The van der Waals surface area contributed by atoms with E-state index in [4.69, 9.17) is 17.3 Å². The highest BCUT2D eigenvalue weighted by atomic mass is 35.5. The van der Waals surface area contributed by atoms with E-state index >= 15 is 0 Å². The van der Waals surface area contributed by atoms with Crippen LogP contribution in [0.2, 0.25) is 5.02 Å². The molecule has 0 spiro atoms. The molecule has 2 nitrogen and oxygen atoms in total. The first kappa shape index (κ1) is 9.36. The average Bonchev–Trinajstić information content (AvgIpc) is 2.08. The SMILES string of the molecule is CC(CN)c1cccc(O)c1Cl. The van der Waals surface area contributed by atoms with Gasteiger partial charge in [0.25, 0.3) is 0 Å². The first-order chi connectivity index (χ1) is 5.66. The Bertz CT molecular complexity index is 275. The van der Waals surface area contributed by atoms with E-state index in [1.807, 2.05) is 13.0 Å². The minimum Gasteiger partial charge on any atom is -0.506 e. The van der Waals surface area contributed by atoms with Gasteiger partial charge in [0.05, 0.1) is 5.02 Å². The molecule has 0 saturated carbocycles.